The molecule has 0 spiro atoms. The topological polar surface area (TPSA) is 63.2 Å². The van der Waals surface area contributed by atoms with Gasteiger partial charge in [0.1, 0.15) is 17.4 Å². The summed E-state index contributed by atoms with van der Waals surface area (Å²) in [5.41, 5.74) is 2.01. The molecule has 0 amide bonds. The highest BCUT2D eigenvalue weighted by Gasteiger charge is 2.17. The third kappa shape index (κ3) is 5.87. The van der Waals surface area contributed by atoms with Gasteiger partial charge in [-0.05, 0) is 43.8 Å². The Morgan fingerprint density at radius 2 is 1.88 bits per heavy atom. The number of hydrogen-bond acceptors (Lipinski definition) is 6. The van der Waals surface area contributed by atoms with E-state index < -0.39 is 0 Å². The minimum Gasteiger partial charge on any atom is -0.453 e. The minimum absolute atomic E-state index is 0.569. The second-order valence-corrected chi connectivity index (χ2v) is 7.68. The summed E-state index contributed by atoms with van der Waals surface area (Å²) in [5, 5.41) is 4.68. The molecule has 1 aliphatic heterocycles. The van der Waals surface area contributed by atoms with Crippen molar-refractivity contribution in [3.8, 4) is 11.6 Å². The van der Waals surface area contributed by atoms with E-state index in [0.29, 0.717) is 23.9 Å². The first-order valence-electron chi connectivity index (χ1n) is 11.4. The fourth-order valence-electron chi connectivity index (χ4n) is 3.61. The molecule has 1 saturated heterocycles. The number of anilines is 1. The molecule has 0 aromatic carbocycles. The van der Waals surface area contributed by atoms with Gasteiger partial charge >= 0.3 is 0 Å². The number of aryl methyl sites for hydroxylation is 1. The van der Waals surface area contributed by atoms with Crippen LogP contribution < -0.4 is 4.90 Å². The zero-order chi connectivity index (χ0) is 23.8. The Labute approximate surface area is 196 Å². The van der Waals surface area contributed by atoms with Crippen LogP contribution in [-0.4, -0.2) is 57.9 Å². The van der Waals surface area contributed by atoms with Crippen molar-refractivity contribution in [2.24, 2.45) is 0 Å². The molecule has 0 aliphatic carbocycles. The Kier molecular flexibility index (Phi) is 8.38. The highest BCUT2D eigenvalue weighted by atomic mass is 16.3. The lowest BCUT2D eigenvalue weighted by atomic mass is 10.2. The molecule has 1 fully saturated rings. The SMILES string of the molecule is C=C/C=C(\C=C)c1ccc(-c2nc(C)n(Cc3ccnc(N4CCN(C)CC4)c3)n2)o1.CC. The van der Waals surface area contributed by atoms with E-state index in [-0.39, 0.29) is 0 Å². The Bertz CT molecular complexity index is 1100. The van der Waals surface area contributed by atoms with E-state index in [0.717, 1.165) is 49.0 Å². The predicted molar refractivity (Wildman–Crippen MR) is 135 cm³/mol. The van der Waals surface area contributed by atoms with Crippen LogP contribution in [0.25, 0.3) is 17.2 Å². The Morgan fingerprint density at radius 1 is 1.12 bits per heavy atom. The largest absolute Gasteiger partial charge is 0.453 e. The van der Waals surface area contributed by atoms with Crippen LogP contribution in [0.1, 0.15) is 31.0 Å². The average Bonchev–Trinajstić information content (AvgIpc) is 3.47. The maximum Gasteiger partial charge on any atom is 0.217 e. The number of likely N-dealkylation sites (N-methyl/N-ethyl adjacent to an activating group) is 1. The Hall–Kier alpha value is -3.45. The van der Waals surface area contributed by atoms with Crippen LogP contribution >= 0.6 is 0 Å². The standard InChI is InChI=1S/C24H28N6O.C2H6/c1-5-7-20(6-2)21-8-9-22(31-21)24-26-18(3)30(27-24)17-19-10-11-25-23(16-19)29-14-12-28(4)13-15-29;1-2/h5-11,16H,1-2,12-15,17H2,3-4H3;1-2H3/b20-7+;. The van der Waals surface area contributed by atoms with Crippen molar-refractivity contribution in [3.63, 3.8) is 0 Å². The lowest BCUT2D eigenvalue weighted by molar-refractivity contribution is 0.312. The zero-order valence-electron chi connectivity index (χ0n) is 20.2. The Morgan fingerprint density at radius 3 is 2.58 bits per heavy atom. The fraction of sp³-hybridized carbons (Fsp3) is 0.346. The van der Waals surface area contributed by atoms with Crippen LogP contribution in [0.4, 0.5) is 5.82 Å². The number of nitrogens with zero attached hydrogens (tertiary/aromatic N) is 6. The van der Waals surface area contributed by atoms with E-state index in [9.17, 15) is 0 Å². The molecule has 0 saturated carbocycles. The van der Waals surface area contributed by atoms with Crippen molar-refractivity contribution in [3.05, 3.63) is 79.0 Å². The van der Waals surface area contributed by atoms with E-state index >= 15 is 0 Å². The monoisotopic (exact) mass is 446 g/mol. The summed E-state index contributed by atoms with van der Waals surface area (Å²) < 4.78 is 7.85. The lowest BCUT2D eigenvalue weighted by Gasteiger charge is -2.33. The number of aromatic nitrogens is 4. The molecule has 4 rings (SSSR count). The normalized spacial score (nSPS) is 14.5. The molecule has 3 aromatic heterocycles. The van der Waals surface area contributed by atoms with Crippen LogP contribution in [0.15, 0.2) is 66.3 Å². The van der Waals surface area contributed by atoms with Gasteiger partial charge in [0.25, 0.3) is 0 Å². The van der Waals surface area contributed by atoms with Crippen LogP contribution in [-0.2, 0) is 6.54 Å². The third-order valence-electron chi connectivity index (χ3n) is 5.45. The average molecular weight is 447 g/mol. The molecule has 0 unspecified atom stereocenters. The third-order valence-corrected chi connectivity index (χ3v) is 5.45. The zero-order valence-corrected chi connectivity index (χ0v) is 20.2. The maximum atomic E-state index is 5.95. The van der Waals surface area contributed by atoms with Crippen molar-refractivity contribution in [2.45, 2.75) is 27.3 Å². The second kappa shape index (κ2) is 11.4. The van der Waals surface area contributed by atoms with Crippen molar-refractivity contribution in [1.29, 1.82) is 0 Å². The maximum absolute atomic E-state index is 5.95. The molecule has 33 heavy (non-hydrogen) atoms. The van der Waals surface area contributed by atoms with Gasteiger partial charge in [0.2, 0.25) is 5.82 Å². The van der Waals surface area contributed by atoms with Crippen LogP contribution in [0.5, 0.6) is 0 Å². The summed E-state index contributed by atoms with van der Waals surface area (Å²) in [6.07, 6.45) is 7.18. The minimum atomic E-state index is 0.569. The molecular formula is C26H34N6O. The van der Waals surface area contributed by atoms with Crippen LogP contribution in [0.2, 0.25) is 0 Å². The number of furan rings is 1. The molecule has 7 nitrogen and oxygen atoms in total. The van der Waals surface area contributed by atoms with E-state index in [1.54, 1.807) is 12.2 Å². The van der Waals surface area contributed by atoms with E-state index in [1.807, 2.05) is 55.9 Å². The number of hydrogen-bond donors (Lipinski definition) is 0. The Balaban J connectivity index is 0.00000149. The summed E-state index contributed by atoms with van der Waals surface area (Å²) in [6, 6.07) is 7.95. The van der Waals surface area contributed by atoms with Gasteiger partial charge in [0.15, 0.2) is 5.76 Å². The van der Waals surface area contributed by atoms with Gasteiger partial charge in [-0.25, -0.2) is 14.6 Å². The van der Waals surface area contributed by atoms with Gasteiger partial charge < -0.3 is 14.2 Å². The summed E-state index contributed by atoms with van der Waals surface area (Å²) in [5.74, 6) is 3.76. The van der Waals surface area contributed by atoms with Crippen molar-refractivity contribution >= 4 is 11.4 Å². The molecular weight excluding hydrogens is 412 g/mol. The van der Waals surface area contributed by atoms with E-state index in [2.05, 4.69) is 51.1 Å². The first-order valence-corrected chi connectivity index (χ1v) is 11.4. The molecule has 174 valence electrons. The van der Waals surface area contributed by atoms with E-state index in [4.69, 9.17) is 4.42 Å². The number of allylic oxidation sites excluding steroid dienone is 4. The first kappa shape index (κ1) is 24.2. The van der Waals surface area contributed by atoms with Crippen LogP contribution in [0, 0.1) is 6.92 Å². The smallest absolute Gasteiger partial charge is 0.217 e. The first-order chi connectivity index (χ1) is 16.1. The number of rotatable bonds is 7. The van der Waals surface area contributed by atoms with Gasteiger partial charge in [0, 0.05) is 37.9 Å². The van der Waals surface area contributed by atoms with Crippen molar-refractivity contribution in [2.75, 3.05) is 38.1 Å². The molecule has 0 radical (unpaired) electrons. The summed E-state index contributed by atoms with van der Waals surface area (Å²) in [6.45, 7) is 18.2. The van der Waals surface area contributed by atoms with Crippen LogP contribution in [0.3, 0.4) is 0 Å². The van der Waals surface area contributed by atoms with Crippen molar-refractivity contribution in [1.82, 2.24) is 24.6 Å². The quantitative estimate of drug-likeness (QED) is 0.485. The number of pyridine rings is 1. The van der Waals surface area contributed by atoms with Gasteiger partial charge in [-0.15, -0.1) is 5.10 Å². The highest BCUT2D eigenvalue weighted by Crippen LogP contribution is 2.25. The second-order valence-electron chi connectivity index (χ2n) is 7.68. The predicted octanol–water partition coefficient (Wildman–Crippen LogP) is 4.82. The molecule has 0 bridgehead atoms. The van der Waals surface area contributed by atoms with Gasteiger partial charge in [-0.3, -0.25) is 0 Å². The molecule has 1 aliphatic rings. The van der Waals surface area contributed by atoms with Crippen molar-refractivity contribution < 1.29 is 4.42 Å². The molecule has 0 N–H and O–H groups in total. The summed E-state index contributed by atoms with van der Waals surface area (Å²) >= 11 is 0. The molecule has 0 atom stereocenters. The van der Waals surface area contributed by atoms with E-state index in [1.165, 1.54) is 0 Å². The molecule has 3 aromatic rings. The molecule has 7 heteroatoms. The van der Waals surface area contributed by atoms with Gasteiger partial charge in [-0.2, -0.15) is 0 Å². The highest BCUT2D eigenvalue weighted by molar-refractivity contribution is 5.72. The molecule has 4 heterocycles. The fourth-order valence-corrected chi connectivity index (χ4v) is 3.61. The lowest BCUT2D eigenvalue weighted by Crippen LogP contribution is -2.44. The van der Waals surface area contributed by atoms with Gasteiger partial charge in [0.05, 0.1) is 6.54 Å². The summed E-state index contributed by atoms with van der Waals surface area (Å²) in [7, 11) is 2.15. The summed E-state index contributed by atoms with van der Waals surface area (Å²) in [4.78, 5) is 13.9. The number of piperazine rings is 1. The van der Waals surface area contributed by atoms with Gasteiger partial charge in [-0.1, -0.05) is 45.2 Å².